The minimum Gasteiger partial charge on any atom is -0.507 e. The number of aliphatic hydroxyl groups is 1. The molecule has 2 aliphatic heterocycles. The molecule has 2 saturated heterocycles. The second kappa shape index (κ2) is 11.0. The molecule has 0 spiro atoms. The second-order valence-electron chi connectivity index (χ2n) is 9.04. The Morgan fingerprint density at radius 1 is 1.06 bits per heavy atom. The normalized spacial score (nSPS) is 20.6. The molecule has 0 aliphatic carbocycles. The van der Waals surface area contributed by atoms with Gasteiger partial charge in [0.05, 0.1) is 30.9 Å². The summed E-state index contributed by atoms with van der Waals surface area (Å²) in [7, 11) is 0. The smallest absolute Gasteiger partial charge is 0.295 e. The lowest BCUT2D eigenvalue weighted by Crippen LogP contribution is -2.38. The highest BCUT2D eigenvalue weighted by molar-refractivity contribution is 6.46. The van der Waals surface area contributed by atoms with Crippen molar-refractivity contribution in [2.75, 3.05) is 39.4 Å². The van der Waals surface area contributed by atoms with Crippen molar-refractivity contribution >= 4 is 17.4 Å². The molecule has 0 aromatic heterocycles. The summed E-state index contributed by atoms with van der Waals surface area (Å²) in [6.45, 7) is 7.95. The van der Waals surface area contributed by atoms with E-state index in [1.807, 2.05) is 13.8 Å². The van der Waals surface area contributed by atoms with Crippen molar-refractivity contribution in [3.8, 4) is 5.75 Å². The number of rotatable bonds is 8. The molecule has 4 rings (SSSR count). The Morgan fingerprint density at radius 3 is 2.34 bits per heavy atom. The first kappa shape index (κ1) is 24.9. The van der Waals surface area contributed by atoms with Crippen LogP contribution < -0.4 is 4.74 Å². The summed E-state index contributed by atoms with van der Waals surface area (Å²) in [5.74, 6) is -1.45. The summed E-state index contributed by atoms with van der Waals surface area (Å²) in [6.07, 6.45) is 0.655. The number of amides is 1. The summed E-state index contributed by atoms with van der Waals surface area (Å²) in [6, 6.07) is 11.6. The van der Waals surface area contributed by atoms with Crippen molar-refractivity contribution in [1.82, 2.24) is 9.80 Å². The van der Waals surface area contributed by atoms with Crippen LogP contribution in [0.15, 0.2) is 54.1 Å². The van der Waals surface area contributed by atoms with Crippen LogP contribution in [0.3, 0.4) is 0 Å². The Kier molecular flexibility index (Phi) is 7.83. The number of morpholine rings is 1. The summed E-state index contributed by atoms with van der Waals surface area (Å²) >= 11 is 0. The Balaban J connectivity index is 1.64. The van der Waals surface area contributed by atoms with Gasteiger partial charge in [-0.3, -0.25) is 14.5 Å². The van der Waals surface area contributed by atoms with Crippen LogP contribution in [0.2, 0.25) is 0 Å². The standard InChI is InChI=1S/C27H31FN2O5/c1-18(2)35-22-10-6-20(7-11-22)25(31)23-24(19-4-8-21(28)9-5-19)30(27(33)26(23)32)13-3-12-29-14-16-34-17-15-29/h4-11,18,24,31H,3,12-17H2,1-2H3/b25-23+/t24-/m0/s1. The van der Waals surface area contributed by atoms with Crippen LogP contribution in [0.5, 0.6) is 5.75 Å². The fourth-order valence-corrected chi connectivity index (χ4v) is 4.51. The molecular formula is C27H31FN2O5. The van der Waals surface area contributed by atoms with Crippen LogP contribution in [0.1, 0.15) is 37.4 Å². The van der Waals surface area contributed by atoms with Crippen LogP contribution in [0, 0.1) is 5.82 Å². The molecule has 0 bridgehead atoms. The number of likely N-dealkylation sites (tertiary alicyclic amines) is 1. The SMILES string of the molecule is CC(C)Oc1ccc(/C(O)=C2\C(=O)C(=O)N(CCCN3CCOCC3)[C@H]2c2ccc(F)cc2)cc1. The zero-order valence-corrected chi connectivity index (χ0v) is 20.1. The van der Waals surface area contributed by atoms with Crippen molar-refractivity contribution in [1.29, 1.82) is 0 Å². The predicted molar refractivity (Wildman–Crippen MR) is 129 cm³/mol. The number of hydrogen-bond acceptors (Lipinski definition) is 6. The van der Waals surface area contributed by atoms with E-state index in [2.05, 4.69) is 4.90 Å². The average molecular weight is 483 g/mol. The third kappa shape index (κ3) is 5.71. The molecule has 2 aliphatic rings. The highest BCUT2D eigenvalue weighted by Crippen LogP contribution is 2.39. The summed E-state index contributed by atoms with van der Waals surface area (Å²) in [4.78, 5) is 29.9. The number of carbonyl (C=O) groups excluding carboxylic acids is 2. The highest BCUT2D eigenvalue weighted by atomic mass is 19.1. The van der Waals surface area contributed by atoms with E-state index in [4.69, 9.17) is 9.47 Å². The Bertz CT molecular complexity index is 1080. The molecule has 1 amide bonds. The number of Topliss-reactive ketones (excluding diaryl/α,β-unsaturated/α-hetero) is 1. The van der Waals surface area contributed by atoms with Gasteiger partial charge in [-0.05, 0) is 62.2 Å². The molecule has 186 valence electrons. The zero-order valence-electron chi connectivity index (χ0n) is 20.1. The third-order valence-corrected chi connectivity index (χ3v) is 6.20. The minimum absolute atomic E-state index is 0.00397. The molecule has 1 atom stereocenters. The number of carbonyl (C=O) groups is 2. The van der Waals surface area contributed by atoms with Gasteiger partial charge in [0.2, 0.25) is 0 Å². The van der Waals surface area contributed by atoms with E-state index in [1.165, 1.54) is 17.0 Å². The molecule has 0 saturated carbocycles. The molecule has 7 nitrogen and oxygen atoms in total. The number of aliphatic hydroxyl groups excluding tert-OH is 1. The van der Waals surface area contributed by atoms with Crippen molar-refractivity contribution in [2.24, 2.45) is 0 Å². The largest absolute Gasteiger partial charge is 0.507 e. The predicted octanol–water partition coefficient (Wildman–Crippen LogP) is 3.76. The van der Waals surface area contributed by atoms with Gasteiger partial charge >= 0.3 is 0 Å². The first-order valence-corrected chi connectivity index (χ1v) is 12.0. The lowest BCUT2D eigenvalue weighted by atomic mass is 9.95. The molecule has 2 heterocycles. The Morgan fingerprint density at radius 2 is 1.71 bits per heavy atom. The van der Waals surface area contributed by atoms with Crippen molar-refractivity contribution in [3.63, 3.8) is 0 Å². The van der Waals surface area contributed by atoms with E-state index >= 15 is 0 Å². The van der Waals surface area contributed by atoms with Crippen molar-refractivity contribution in [2.45, 2.75) is 32.4 Å². The first-order valence-electron chi connectivity index (χ1n) is 12.0. The van der Waals surface area contributed by atoms with E-state index in [9.17, 15) is 19.1 Å². The van der Waals surface area contributed by atoms with Gasteiger partial charge in [0.1, 0.15) is 17.3 Å². The van der Waals surface area contributed by atoms with Crippen molar-refractivity contribution in [3.05, 3.63) is 71.0 Å². The number of ketones is 1. The molecule has 2 aromatic rings. The number of halogens is 1. The average Bonchev–Trinajstić information content (AvgIpc) is 3.10. The van der Waals surface area contributed by atoms with Crippen molar-refractivity contribution < 1.29 is 28.6 Å². The van der Waals surface area contributed by atoms with Gasteiger partial charge in [-0.1, -0.05) is 12.1 Å². The Hall–Kier alpha value is -3.23. The zero-order chi connectivity index (χ0) is 24.9. The lowest BCUT2D eigenvalue weighted by molar-refractivity contribution is -0.140. The van der Waals surface area contributed by atoms with E-state index in [0.29, 0.717) is 43.1 Å². The van der Waals surface area contributed by atoms with Crippen LogP contribution in [-0.2, 0) is 14.3 Å². The van der Waals surface area contributed by atoms with Crippen LogP contribution in [0.25, 0.3) is 5.76 Å². The molecule has 2 fully saturated rings. The fourth-order valence-electron chi connectivity index (χ4n) is 4.51. The maximum Gasteiger partial charge on any atom is 0.295 e. The summed E-state index contributed by atoms with van der Waals surface area (Å²) in [5, 5.41) is 11.2. The van der Waals surface area contributed by atoms with Gasteiger partial charge in [-0.15, -0.1) is 0 Å². The monoisotopic (exact) mass is 482 g/mol. The van der Waals surface area contributed by atoms with Gasteiger partial charge in [-0.25, -0.2) is 4.39 Å². The van der Waals surface area contributed by atoms with E-state index < -0.39 is 23.5 Å². The summed E-state index contributed by atoms with van der Waals surface area (Å²) in [5.41, 5.74) is 0.975. The minimum atomic E-state index is -0.799. The molecular weight excluding hydrogens is 451 g/mol. The number of benzene rings is 2. The van der Waals surface area contributed by atoms with Gasteiger partial charge in [0, 0.05) is 31.7 Å². The van der Waals surface area contributed by atoms with E-state index in [0.717, 1.165) is 19.6 Å². The topological polar surface area (TPSA) is 79.3 Å². The number of hydrogen-bond donors (Lipinski definition) is 1. The van der Waals surface area contributed by atoms with Gasteiger partial charge in [0.15, 0.2) is 0 Å². The third-order valence-electron chi connectivity index (χ3n) is 6.20. The number of ether oxygens (including phenoxy) is 2. The molecule has 2 aromatic carbocycles. The second-order valence-corrected chi connectivity index (χ2v) is 9.04. The van der Waals surface area contributed by atoms with Crippen LogP contribution >= 0.6 is 0 Å². The molecule has 8 heteroatoms. The molecule has 35 heavy (non-hydrogen) atoms. The quantitative estimate of drug-likeness (QED) is 0.351. The maximum absolute atomic E-state index is 13.6. The molecule has 0 radical (unpaired) electrons. The lowest BCUT2D eigenvalue weighted by Gasteiger charge is -2.29. The molecule has 0 unspecified atom stereocenters. The van der Waals surface area contributed by atoms with Gasteiger partial charge < -0.3 is 19.5 Å². The number of nitrogens with zero attached hydrogens (tertiary/aromatic N) is 2. The molecule has 1 N–H and O–H groups in total. The van der Waals surface area contributed by atoms with Gasteiger partial charge in [0.25, 0.3) is 11.7 Å². The first-order chi connectivity index (χ1) is 16.8. The maximum atomic E-state index is 13.6. The van der Waals surface area contributed by atoms with Gasteiger partial charge in [-0.2, -0.15) is 0 Å². The fraction of sp³-hybridized carbons (Fsp3) is 0.407. The Labute approximate surface area is 204 Å². The summed E-state index contributed by atoms with van der Waals surface area (Å²) < 4.78 is 24.7. The van der Waals surface area contributed by atoms with Crippen LogP contribution in [0.4, 0.5) is 4.39 Å². The van der Waals surface area contributed by atoms with E-state index in [-0.39, 0.29) is 17.4 Å². The van der Waals surface area contributed by atoms with E-state index in [1.54, 1.807) is 36.4 Å². The highest BCUT2D eigenvalue weighted by Gasteiger charge is 2.45. The van der Waals surface area contributed by atoms with Crippen LogP contribution in [-0.4, -0.2) is 72.1 Å².